The van der Waals surface area contributed by atoms with Crippen molar-refractivity contribution >= 4 is 5.82 Å². The zero-order valence-electron chi connectivity index (χ0n) is 16.2. The van der Waals surface area contributed by atoms with Gasteiger partial charge < -0.3 is 14.4 Å². The van der Waals surface area contributed by atoms with Crippen LogP contribution in [-0.4, -0.2) is 50.3 Å². The molecule has 0 radical (unpaired) electrons. The number of hydrogen-bond acceptors (Lipinski definition) is 5. The van der Waals surface area contributed by atoms with Crippen LogP contribution >= 0.6 is 0 Å². The topological polar surface area (TPSA) is 37.8 Å². The normalized spacial score (nSPS) is 15.6. The fourth-order valence-electron chi connectivity index (χ4n) is 3.31. The number of alkyl halides is 3. The van der Waals surface area contributed by atoms with E-state index in [4.69, 9.17) is 9.47 Å². The summed E-state index contributed by atoms with van der Waals surface area (Å²) in [5.41, 5.74) is 1.57. The van der Waals surface area contributed by atoms with E-state index in [1.54, 1.807) is 14.2 Å². The van der Waals surface area contributed by atoms with Crippen molar-refractivity contribution in [1.82, 2.24) is 9.88 Å². The molecule has 0 atom stereocenters. The molecule has 0 saturated carbocycles. The number of ether oxygens (including phenoxy) is 2. The lowest BCUT2D eigenvalue weighted by atomic mass is 10.1. The number of halogens is 3. The second kappa shape index (κ2) is 8.26. The van der Waals surface area contributed by atoms with Crippen molar-refractivity contribution in [3.05, 3.63) is 47.2 Å². The van der Waals surface area contributed by atoms with E-state index in [2.05, 4.69) is 9.88 Å². The number of anilines is 1. The summed E-state index contributed by atoms with van der Waals surface area (Å²) in [5.74, 6) is 1.99. The Bertz CT molecular complexity index is 802. The van der Waals surface area contributed by atoms with Crippen LogP contribution in [0.25, 0.3) is 0 Å². The Hall–Kier alpha value is -2.48. The number of benzene rings is 1. The third-order valence-corrected chi connectivity index (χ3v) is 5.01. The van der Waals surface area contributed by atoms with Crippen molar-refractivity contribution in [2.45, 2.75) is 19.6 Å². The van der Waals surface area contributed by atoms with E-state index < -0.39 is 11.7 Å². The van der Waals surface area contributed by atoms with Crippen molar-refractivity contribution in [2.75, 3.05) is 45.3 Å². The van der Waals surface area contributed by atoms with E-state index in [-0.39, 0.29) is 0 Å². The largest absolute Gasteiger partial charge is 0.493 e. The monoisotopic (exact) mass is 395 g/mol. The highest BCUT2D eigenvalue weighted by Gasteiger charge is 2.31. The summed E-state index contributed by atoms with van der Waals surface area (Å²) >= 11 is 0. The van der Waals surface area contributed by atoms with Gasteiger partial charge in [0, 0.05) is 38.9 Å². The van der Waals surface area contributed by atoms with Crippen molar-refractivity contribution in [3.8, 4) is 11.5 Å². The van der Waals surface area contributed by atoms with Crippen LogP contribution in [0.4, 0.5) is 19.0 Å². The van der Waals surface area contributed by atoms with Gasteiger partial charge in [0.05, 0.1) is 19.8 Å². The Morgan fingerprint density at radius 2 is 1.64 bits per heavy atom. The first-order valence-corrected chi connectivity index (χ1v) is 9.04. The molecule has 1 aliphatic heterocycles. The zero-order valence-corrected chi connectivity index (χ0v) is 16.2. The smallest absolute Gasteiger partial charge is 0.417 e. The van der Waals surface area contributed by atoms with Crippen molar-refractivity contribution in [1.29, 1.82) is 0 Å². The molecule has 5 nitrogen and oxygen atoms in total. The van der Waals surface area contributed by atoms with Gasteiger partial charge in [-0.15, -0.1) is 0 Å². The highest BCUT2D eigenvalue weighted by molar-refractivity contribution is 5.47. The molecule has 1 aliphatic rings. The number of nitrogens with zero attached hydrogens (tertiary/aromatic N) is 3. The van der Waals surface area contributed by atoms with E-state index in [0.717, 1.165) is 37.5 Å². The summed E-state index contributed by atoms with van der Waals surface area (Å²) < 4.78 is 48.8. The summed E-state index contributed by atoms with van der Waals surface area (Å²) in [6.07, 6.45) is -3.46. The van der Waals surface area contributed by atoms with Crippen LogP contribution in [-0.2, 0) is 12.7 Å². The maximum atomic E-state index is 12.7. The Morgan fingerprint density at radius 1 is 1.00 bits per heavy atom. The first kappa shape index (κ1) is 20.3. The number of aromatic nitrogens is 1. The van der Waals surface area contributed by atoms with Gasteiger partial charge in [-0.25, -0.2) is 4.98 Å². The molecular formula is C20H24F3N3O2. The molecular weight excluding hydrogens is 371 g/mol. The van der Waals surface area contributed by atoms with Gasteiger partial charge in [0.2, 0.25) is 0 Å². The summed E-state index contributed by atoms with van der Waals surface area (Å²) in [5, 5.41) is 0. The van der Waals surface area contributed by atoms with Gasteiger partial charge in [0.1, 0.15) is 5.82 Å². The van der Waals surface area contributed by atoms with Gasteiger partial charge in [0.25, 0.3) is 0 Å². The van der Waals surface area contributed by atoms with Crippen molar-refractivity contribution < 1.29 is 22.6 Å². The molecule has 152 valence electrons. The van der Waals surface area contributed by atoms with Gasteiger partial charge in [-0.05, 0) is 42.3 Å². The van der Waals surface area contributed by atoms with E-state index >= 15 is 0 Å². The second-order valence-electron chi connectivity index (χ2n) is 6.80. The van der Waals surface area contributed by atoms with Crippen molar-refractivity contribution in [3.63, 3.8) is 0 Å². The first-order valence-electron chi connectivity index (χ1n) is 9.04. The fourth-order valence-corrected chi connectivity index (χ4v) is 3.31. The molecule has 28 heavy (non-hydrogen) atoms. The lowest BCUT2D eigenvalue weighted by Crippen LogP contribution is -2.46. The SMILES string of the molecule is COc1cc(C)c(CN2CCN(c3ccc(C(F)(F)F)cn3)CC2)cc1OC. The summed E-state index contributed by atoms with van der Waals surface area (Å²) in [6, 6.07) is 6.49. The second-order valence-corrected chi connectivity index (χ2v) is 6.80. The van der Waals surface area contributed by atoms with Crippen LogP contribution in [0.5, 0.6) is 11.5 Å². The van der Waals surface area contributed by atoms with Gasteiger partial charge in [-0.1, -0.05) is 0 Å². The van der Waals surface area contributed by atoms with E-state index in [9.17, 15) is 13.2 Å². The molecule has 2 heterocycles. The number of rotatable bonds is 5. The molecule has 0 amide bonds. The zero-order chi connectivity index (χ0) is 20.3. The predicted octanol–water partition coefficient (Wildman–Crippen LogP) is 3.75. The maximum Gasteiger partial charge on any atom is 0.417 e. The number of aryl methyl sites for hydroxylation is 1. The lowest BCUT2D eigenvalue weighted by Gasteiger charge is -2.35. The molecule has 1 aromatic heterocycles. The predicted molar refractivity (Wildman–Crippen MR) is 101 cm³/mol. The molecule has 1 saturated heterocycles. The Balaban J connectivity index is 1.61. The van der Waals surface area contributed by atoms with Crippen LogP contribution in [0.15, 0.2) is 30.5 Å². The third kappa shape index (κ3) is 4.49. The van der Waals surface area contributed by atoms with E-state index in [1.165, 1.54) is 11.6 Å². The molecule has 0 N–H and O–H groups in total. The minimum absolute atomic E-state index is 0.579. The summed E-state index contributed by atoms with van der Waals surface area (Å²) in [7, 11) is 3.23. The molecule has 3 rings (SSSR count). The van der Waals surface area contributed by atoms with Crippen LogP contribution in [0.2, 0.25) is 0 Å². The van der Waals surface area contributed by atoms with Crippen LogP contribution in [0, 0.1) is 6.92 Å². The molecule has 0 spiro atoms. The molecule has 2 aromatic rings. The average molecular weight is 395 g/mol. The average Bonchev–Trinajstić information content (AvgIpc) is 2.69. The summed E-state index contributed by atoms with van der Waals surface area (Å²) in [4.78, 5) is 8.32. The van der Waals surface area contributed by atoms with Crippen LogP contribution in [0.3, 0.4) is 0 Å². The fraction of sp³-hybridized carbons (Fsp3) is 0.450. The highest BCUT2D eigenvalue weighted by atomic mass is 19.4. The molecule has 8 heteroatoms. The third-order valence-electron chi connectivity index (χ3n) is 5.01. The highest BCUT2D eigenvalue weighted by Crippen LogP contribution is 2.31. The molecule has 1 aromatic carbocycles. The van der Waals surface area contributed by atoms with E-state index in [1.807, 2.05) is 24.0 Å². The quantitative estimate of drug-likeness (QED) is 0.771. The number of piperazine rings is 1. The Kier molecular flexibility index (Phi) is 5.98. The molecule has 0 unspecified atom stereocenters. The minimum atomic E-state index is -4.36. The number of pyridine rings is 1. The number of methoxy groups -OCH3 is 2. The maximum absolute atomic E-state index is 12.7. The molecule has 0 bridgehead atoms. The van der Waals surface area contributed by atoms with Crippen molar-refractivity contribution in [2.24, 2.45) is 0 Å². The van der Waals surface area contributed by atoms with Gasteiger partial charge in [-0.3, -0.25) is 4.90 Å². The van der Waals surface area contributed by atoms with Gasteiger partial charge >= 0.3 is 6.18 Å². The lowest BCUT2D eigenvalue weighted by molar-refractivity contribution is -0.137. The standard InChI is InChI=1S/C20H24F3N3O2/c1-14-10-17(27-2)18(28-3)11-15(14)13-25-6-8-26(9-7-25)19-5-4-16(12-24-19)20(21,22)23/h4-5,10-12H,6-9,13H2,1-3H3. The van der Waals surface area contributed by atoms with Crippen LogP contribution in [0.1, 0.15) is 16.7 Å². The minimum Gasteiger partial charge on any atom is -0.493 e. The molecule has 1 fully saturated rings. The van der Waals surface area contributed by atoms with Gasteiger partial charge in [0.15, 0.2) is 11.5 Å². The Labute approximate surface area is 162 Å². The number of hydrogen-bond donors (Lipinski definition) is 0. The Morgan fingerprint density at radius 3 is 2.18 bits per heavy atom. The van der Waals surface area contributed by atoms with E-state index in [0.29, 0.717) is 30.4 Å². The first-order chi connectivity index (χ1) is 13.3. The van der Waals surface area contributed by atoms with Crippen LogP contribution < -0.4 is 14.4 Å². The van der Waals surface area contributed by atoms with Gasteiger partial charge in [-0.2, -0.15) is 13.2 Å². The molecule has 0 aliphatic carbocycles. The summed E-state index contributed by atoms with van der Waals surface area (Å²) in [6.45, 7) is 5.85.